The Kier molecular flexibility index (Phi) is 14.0. The predicted molar refractivity (Wildman–Crippen MR) is 157 cm³/mol. The van der Waals surface area contributed by atoms with E-state index in [1.165, 1.54) is 12.5 Å². The molecule has 4 amide bonds. The Bertz CT molecular complexity index is 1090. The van der Waals surface area contributed by atoms with Gasteiger partial charge in [0.05, 0.1) is 12.4 Å². The quantitative estimate of drug-likeness (QED) is 0.0380. The molecule has 1 fully saturated rings. The normalized spacial score (nSPS) is 17.4. The lowest BCUT2D eigenvalue weighted by Gasteiger charge is -2.26. The smallest absolute Gasteiger partial charge is 0.326 e. The van der Waals surface area contributed by atoms with Gasteiger partial charge in [0.1, 0.15) is 24.2 Å². The minimum atomic E-state index is -1.22. The Balaban J connectivity index is 2.21. The second kappa shape index (κ2) is 17.2. The fourth-order valence-corrected chi connectivity index (χ4v) is 4.54. The summed E-state index contributed by atoms with van der Waals surface area (Å²) in [7, 11) is 0. The molecule has 1 aromatic heterocycles. The second-order valence-corrected chi connectivity index (χ2v) is 10.7. The van der Waals surface area contributed by atoms with Crippen LogP contribution in [0.1, 0.15) is 45.2 Å². The molecule has 42 heavy (non-hydrogen) atoms. The molecule has 0 radical (unpaired) electrons. The summed E-state index contributed by atoms with van der Waals surface area (Å²) in [4.78, 5) is 74.8. The van der Waals surface area contributed by atoms with Gasteiger partial charge in [0.15, 0.2) is 5.96 Å². The molecule has 1 aliphatic heterocycles. The van der Waals surface area contributed by atoms with Gasteiger partial charge in [-0.3, -0.25) is 24.2 Å². The summed E-state index contributed by atoms with van der Waals surface area (Å²) < 4.78 is 0. The number of H-pyrrole nitrogens is 1. The van der Waals surface area contributed by atoms with Gasteiger partial charge in [-0.05, 0) is 38.1 Å². The van der Waals surface area contributed by atoms with Crippen molar-refractivity contribution in [2.24, 2.45) is 22.4 Å². The van der Waals surface area contributed by atoms with Gasteiger partial charge in [-0.2, -0.15) is 12.6 Å². The molecule has 1 saturated heterocycles. The third kappa shape index (κ3) is 11.2. The number of thiol groups is 1. The molecule has 0 unspecified atom stereocenters. The number of hydrogen-bond acceptors (Lipinski definition) is 9. The number of hydrogen-bond donors (Lipinski definition) is 10. The molecule has 16 nitrogen and oxygen atoms in total. The standard InChI is InChI=1S/C25H42N10O6S/c1-13(2)19(24(40)41)35-21(37)16(6-4-8-30-25(26)27)32-22(38)17(9-14-10-28-12-31-14)33-23(39)18(11-42)34-20(36)15-5-3-7-29-15/h10,12-13,15-19,29,42H,3-9,11H2,1-2H3,(H,28,31)(H,32,38)(H,33,39)(H,34,36)(H,35,37)(H,40,41)(H4,26,27,30)/t15-,16-,17-,18-,19-/m0/s1. The van der Waals surface area contributed by atoms with Crippen LogP contribution >= 0.6 is 12.6 Å². The van der Waals surface area contributed by atoms with Crippen molar-refractivity contribution in [3.8, 4) is 0 Å². The third-order valence-electron chi connectivity index (χ3n) is 6.61. The van der Waals surface area contributed by atoms with Crippen LogP contribution in [-0.4, -0.2) is 99.7 Å². The number of aliphatic imine (C=N–C) groups is 1. The number of aromatic nitrogens is 2. The second-order valence-electron chi connectivity index (χ2n) is 10.3. The topological polar surface area (TPSA) is 259 Å². The number of rotatable bonds is 17. The maximum absolute atomic E-state index is 13.5. The number of amides is 4. The lowest BCUT2D eigenvalue weighted by Crippen LogP contribution is -2.59. The molecule has 1 aromatic rings. The van der Waals surface area contributed by atoms with E-state index in [9.17, 15) is 29.1 Å². The Labute approximate surface area is 249 Å². The van der Waals surface area contributed by atoms with E-state index in [1.807, 2.05) is 0 Å². The van der Waals surface area contributed by atoms with Crippen LogP contribution in [0.15, 0.2) is 17.5 Å². The zero-order valence-electron chi connectivity index (χ0n) is 23.8. The summed E-state index contributed by atoms with van der Waals surface area (Å²) in [6, 6.07) is -4.98. The monoisotopic (exact) mass is 610 g/mol. The van der Waals surface area contributed by atoms with Crippen molar-refractivity contribution in [1.29, 1.82) is 0 Å². The molecule has 17 heteroatoms. The van der Waals surface area contributed by atoms with Gasteiger partial charge < -0.3 is 48.1 Å². The van der Waals surface area contributed by atoms with E-state index in [-0.39, 0.29) is 43.4 Å². The molecular formula is C25H42N10O6S. The fourth-order valence-electron chi connectivity index (χ4n) is 4.28. The highest BCUT2D eigenvalue weighted by Crippen LogP contribution is 2.08. The lowest BCUT2D eigenvalue weighted by atomic mass is 10.0. The van der Waals surface area contributed by atoms with Gasteiger partial charge in [-0.15, -0.1) is 0 Å². The maximum Gasteiger partial charge on any atom is 0.326 e. The van der Waals surface area contributed by atoms with Crippen LogP contribution in [-0.2, 0) is 30.4 Å². The van der Waals surface area contributed by atoms with E-state index < -0.39 is 59.8 Å². The number of nitrogens with one attached hydrogen (secondary N) is 6. The maximum atomic E-state index is 13.5. The fraction of sp³-hybridized carbons (Fsp3) is 0.640. The van der Waals surface area contributed by atoms with Crippen molar-refractivity contribution in [3.05, 3.63) is 18.2 Å². The minimum Gasteiger partial charge on any atom is -0.480 e. The number of aliphatic carboxylic acids is 1. The molecule has 2 heterocycles. The van der Waals surface area contributed by atoms with E-state index in [2.05, 4.69) is 54.2 Å². The molecule has 5 atom stereocenters. The zero-order valence-corrected chi connectivity index (χ0v) is 24.7. The highest BCUT2D eigenvalue weighted by atomic mass is 32.1. The summed E-state index contributed by atoms with van der Waals surface area (Å²) in [5, 5.41) is 23.0. The van der Waals surface area contributed by atoms with Gasteiger partial charge in [0.2, 0.25) is 23.6 Å². The summed E-state index contributed by atoms with van der Waals surface area (Å²) >= 11 is 4.20. The first-order chi connectivity index (χ1) is 19.9. The Morgan fingerprint density at radius 2 is 1.74 bits per heavy atom. The Hall–Kier alpha value is -3.86. The molecule has 0 bridgehead atoms. The molecule has 1 aliphatic rings. The number of nitrogens with zero attached hydrogens (tertiary/aromatic N) is 2. The van der Waals surface area contributed by atoms with Crippen LogP contribution in [0, 0.1) is 5.92 Å². The Morgan fingerprint density at radius 3 is 2.29 bits per heavy atom. The highest BCUT2D eigenvalue weighted by molar-refractivity contribution is 7.80. The molecule has 234 valence electrons. The number of carboxylic acid groups (broad SMARTS) is 1. The SMILES string of the molecule is CC(C)[C@H](NC(=O)[C@H](CCCN=C(N)N)NC(=O)[C@H](Cc1cnc[nH]1)NC(=O)[C@H](CS)NC(=O)[C@@H]1CCCN1)C(=O)O. The van der Waals surface area contributed by atoms with E-state index in [4.69, 9.17) is 11.5 Å². The number of carbonyl (C=O) groups excluding carboxylic acids is 4. The summed E-state index contributed by atoms with van der Waals surface area (Å²) in [6.07, 6.45) is 4.73. The molecule has 11 N–H and O–H groups in total. The van der Waals surface area contributed by atoms with Crippen LogP contribution in [0.25, 0.3) is 0 Å². The number of guanidine groups is 1. The van der Waals surface area contributed by atoms with E-state index in [0.29, 0.717) is 18.7 Å². The zero-order chi connectivity index (χ0) is 31.2. The van der Waals surface area contributed by atoms with Crippen molar-refractivity contribution in [2.75, 3.05) is 18.8 Å². The minimum absolute atomic E-state index is 0.0128. The third-order valence-corrected chi connectivity index (χ3v) is 6.98. The van der Waals surface area contributed by atoms with Crippen LogP contribution in [0.2, 0.25) is 0 Å². The van der Waals surface area contributed by atoms with E-state index in [0.717, 1.165) is 6.42 Å². The van der Waals surface area contributed by atoms with Gasteiger partial charge in [0.25, 0.3) is 0 Å². The first-order valence-corrected chi connectivity index (χ1v) is 14.4. The van der Waals surface area contributed by atoms with Crippen LogP contribution in [0.4, 0.5) is 0 Å². The largest absolute Gasteiger partial charge is 0.480 e. The van der Waals surface area contributed by atoms with Crippen molar-refractivity contribution in [2.45, 2.75) is 76.2 Å². The highest BCUT2D eigenvalue weighted by Gasteiger charge is 2.33. The number of aromatic amines is 1. The predicted octanol–water partition coefficient (Wildman–Crippen LogP) is -2.63. The average molecular weight is 611 g/mol. The molecule has 0 spiro atoms. The molecular weight excluding hydrogens is 568 g/mol. The van der Waals surface area contributed by atoms with Gasteiger partial charge in [-0.25, -0.2) is 9.78 Å². The summed E-state index contributed by atoms with van der Waals surface area (Å²) in [5.41, 5.74) is 11.3. The molecule has 0 aliphatic carbocycles. The first kappa shape index (κ1) is 34.3. The molecule has 0 saturated carbocycles. The molecule has 0 aromatic carbocycles. The molecule has 2 rings (SSSR count). The number of nitrogens with two attached hydrogens (primary N) is 2. The van der Waals surface area contributed by atoms with E-state index >= 15 is 0 Å². The number of imidazole rings is 1. The Morgan fingerprint density at radius 1 is 1.07 bits per heavy atom. The number of carboxylic acids is 1. The van der Waals surface area contributed by atoms with Crippen LogP contribution in [0.3, 0.4) is 0 Å². The van der Waals surface area contributed by atoms with Crippen LogP contribution in [0.5, 0.6) is 0 Å². The first-order valence-electron chi connectivity index (χ1n) is 13.7. The van der Waals surface area contributed by atoms with Gasteiger partial charge >= 0.3 is 5.97 Å². The van der Waals surface area contributed by atoms with Crippen molar-refractivity contribution < 1.29 is 29.1 Å². The van der Waals surface area contributed by atoms with Crippen molar-refractivity contribution in [1.82, 2.24) is 36.6 Å². The summed E-state index contributed by atoms with van der Waals surface area (Å²) in [6.45, 7) is 4.15. The van der Waals surface area contributed by atoms with Crippen molar-refractivity contribution >= 4 is 48.2 Å². The van der Waals surface area contributed by atoms with Crippen LogP contribution < -0.4 is 38.1 Å². The van der Waals surface area contributed by atoms with E-state index in [1.54, 1.807) is 13.8 Å². The summed E-state index contributed by atoms with van der Waals surface area (Å²) in [5.74, 6) is -4.22. The lowest BCUT2D eigenvalue weighted by molar-refractivity contribution is -0.143. The van der Waals surface area contributed by atoms with Gasteiger partial charge in [0, 0.05) is 30.6 Å². The average Bonchev–Trinajstić information content (AvgIpc) is 3.65. The number of carbonyl (C=O) groups is 5. The van der Waals surface area contributed by atoms with Gasteiger partial charge in [-0.1, -0.05) is 13.8 Å². The van der Waals surface area contributed by atoms with Crippen molar-refractivity contribution in [3.63, 3.8) is 0 Å².